The number of aliphatic hydroxyl groups is 1. The van der Waals surface area contributed by atoms with Crippen LogP contribution in [0.2, 0.25) is 0 Å². The first kappa shape index (κ1) is 23.3. The fourth-order valence-corrected chi connectivity index (χ4v) is 4.80. The van der Waals surface area contributed by atoms with Gasteiger partial charge in [-0.15, -0.1) is 0 Å². The van der Waals surface area contributed by atoms with Crippen LogP contribution in [0.1, 0.15) is 23.6 Å². The highest BCUT2D eigenvalue weighted by Gasteiger charge is 2.23. The summed E-state index contributed by atoms with van der Waals surface area (Å²) in [7, 11) is -3.64. The Labute approximate surface area is 173 Å². The SMILES string of the molecule is CC(=N)c1ccc(CNPCC(=O)[C@@H](CO)NS(=O)(=O)Cc2ccccc2)cc1. The smallest absolute Gasteiger partial charge is 0.216 e. The largest absolute Gasteiger partial charge is 0.394 e. The highest BCUT2D eigenvalue weighted by atomic mass is 32.2. The fourth-order valence-electron chi connectivity index (χ4n) is 2.57. The number of hydrogen-bond donors (Lipinski definition) is 4. The van der Waals surface area contributed by atoms with Crippen LogP contribution in [0.5, 0.6) is 0 Å². The molecule has 0 saturated carbocycles. The van der Waals surface area contributed by atoms with Gasteiger partial charge in [-0.25, -0.2) is 13.1 Å². The van der Waals surface area contributed by atoms with Crippen LogP contribution in [0, 0.1) is 5.41 Å². The molecule has 0 aliphatic rings. The monoisotopic (exact) mass is 435 g/mol. The van der Waals surface area contributed by atoms with Crippen molar-refractivity contribution in [3.05, 3.63) is 71.3 Å². The Balaban J connectivity index is 1.79. The van der Waals surface area contributed by atoms with Gasteiger partial charge >= 0.3 is 0 Å². The first-order valence-electron chi connectivity index (χ1n) is 9.08. The number of carbonyl (C=O) groups is 1. The quantitative estimate of drug-likeness (QED) is 0.230. The lowest BCUT2D eigenvalue weighted by molar-refractivity contribution is -0.119. The maximum absolute atomic E-state index is 12.3. The summed E-state index contributed by atoms with van der Waals surface area (Å²) in [6, 6.07) is 15.1. The lowest BCUT2D eigenvalue weighted by Gasteiger charge is -2.16. The zero-order valence-electron chi connectivity index (χ0n) is 16.2. The third-order valence-corrected chi connectivity index (χ3v) is 6.47. The van der Waals surface area contributed by atoms with Crippen molar-refractivity contribution in [2.75, 3.05) is 12.8 Å². The molecule has 156 valence electrons. The molecule has 0 amide bonds. The minimum Gasteiger partial charge on any atom is -0.394 e. The molecule has 0 fully saturated rings. The van der Waals surface area contributed by atoms with E-state index < -0.39 is 22.7 Å². The highest BCUT2D eigenvalue weighted by Crippen LogP contribution is 2.11. The molecule has 1 unspecified atom stereocenters. The van der Waals surface area contributed by atoms with Crippen LogP contribution in [-0.4, -0.2) is 43.8 Å². The lowest BCUT2D eigenvalue weighted by Crippen LogP contribution is -2.44. The Bertz CT molecular complexity index is 919. The van der Waals surface area contributed by atoms with Crippen LogP contribution in [0.3, 0.4) is 0 Å². The highest BCUT2D eigenvalue weighted by molar-refractivity contribution is 7.88. The van der Waals surface area contributed by atoms with Gasteiger partial charge in [-0.05, 0) is 32.3 Å². The molecule has 29 heavy (non-hydrogen) atoms. The third-order valence-electron chi connectivity index (χ3n) is 4.16. The van der Waals surface area contributed by atoms with Gasteiger partial charge in [0.05, 0.1) is 12.4 Å². The number of ketones is 1. The molecule has 2 aromatic rings. The van der Waals surface area contributed by atoms with Crippen molar-refractivity contribution in [3.63, 3.8) is 0 Å². The summed E-state index contributed by atoms with van der Waals surface area (Å²) >= 11 is 0. The van der Waals surface area contributed by atoms with E-state index in [9.17, 15) is 18.3 Å². The number of hydrogen-bond acceptors (Lipinski definition) is 6. The van der Waals surface area contributed by atoms with Crippen molar-refractivity contribution in [2.45, 2.75) is 25.3 Å². The van der Waals surface area contributed by atoms with Crippen LogP contribution in [0.4, 0.5) is 0 Å². The van der Waals surface area contributed by atoms with Gasteiger partial charge in [0.2, 0.25) is 10.0 Å². The van der Waals surface area contributed by atoms with E-state index in [4.69, 9.17) is 5.41 Å². The number of nitrogens with one attached hydrogen (secondary N) is 3. The van der Waals surface area contributed by atoms with E-state index in [2.05, 4.69) is 9.81 Å². The second kappa shape index (κ2) is 11.3. The summed E-state index contributed by atoms with van der Waals surface area (Å²) in [5.41, 5.74) is 3.00. The second-order valence-corrected chi connectivity index (χ2v) is 9.41. The van der Waals surface area contributed by atoms with Crippen LogP contribution >= 0.6 is 8.73 Å². The average Bonchev–Trinajstić information content (AvgIpc) is 2.70. The Kier molecular flexibility index (Phi) is 9.07. The molecule has 2 atom stereocenters. The number of aliphatic hydroxyl groups excluding tert-OH is 1. The Hall–Kier alpha value is -1.96. The molecule has 0 spiro atoms. The van der Waals surface area contributed by atoms with Crippen molar-refractivity contribution < 1.29 is 18.3 Å². The van der Waals surface area contributed by atoms with Gasteiger partial charge in [0.1, 0.15) is 6.04 Å². The molecule has 2 aromatic carbocycles. The molecule has 0 bridgehead atoms. The molecule has 9 heteroatoms. The number of rotatable bonds is 12. The molecular formula is C20H26N3O4PS. The standard InChI is InChI=1S/C20H26N3O4PS/c1-15(21)18-9-7-16(8-10-18)11-22-28-13-20(25)19(12-24)23-29(26,27)14-17-5-3-2-4-6-17/h2-10,19,21-24,28H,11-14H2,1H3/t19-/m1/s1. The molecule has 0 radical (unpaired) electrons. The van der Waals surface area contributed by atoms with Crippen LogP contribution < -0.4 is 9.81 Å². The van der Waals surface area contributed by atoms with E-state index in [1.807, 2.05) is 24.3 Å². The van der Waals surface area contributed by atoms with E-state index in [1.54, 1.807) is 37.3 Å². The Morgan fingerprint density at radius 1 is 1.10 bits per heavy atom. The van der Waals surface area contributed by atoms with Crippen molar-refractivity contribution in [2.24, 2.45) is 0 Å². The summed E-state index contributed by atoms with van der Waals surface area (Å²) in [6.45, 7) is 1.71. The van der Waals surface area contributed by atoms with Gasteiger partial charge in [-0.2, -0.15) is 0 Å². The van der Waals surface area contributed by atoms with Gasteiger partial charge in [0.15, 0.2) is 5.78 Å². The number of Topliss-reactive ketones (excluding diaryl/α,β-unsaturated/α-hetero) is 1. The molecule has 0 aliphatic carbocycles. The predicted molar refractivity (Wildman–Crippen MR) is 117 cm³/mol. The summed E-state index contributed by atoms with van der Waals surface area (Å²) in [4.78, 5) is 12.3. The molecule has 4 N–H and O–H groups in total. The third kappa shape index (κ3) is 8.12. The topological polar surface area (TPSA) is 119 Å². The maximum Gasteiger partial charge on any atom is 0.216 e. The number of benzene rings is 2. The van der Waals surface area contributed by atoms with Gasteiger partial charge in [0.25, 0.3) is 0 Å². The molecule has 0 heterocycles. The second-order valence-electron chi connectivity index (χ2n) is 6.59. The van der Waals surface area contributed by atoms with Crippen molar-refractivity contribution in [3.8, 4) is 0 Å². The molecule has 7 nitrogen and oxygen atoms in total. The van der Waals surface area contributed by atoms with E-state index >= 15 is 0 Å². The number of carbonyl (C=O) groups excluding carboxylic acids is 1. The zero-order valence-corrected chi connectivity index (χ0v) is 18.0. The first-order valence-corrected chi connectivity index (χ1v) is 11.9. The minimum atomic E-state index is -3.74. The van der Waals surface area contributed by atoms with E-state index in [0.29, 0.717) is 17.8 Å². The average molecular weight is 435 g/mol. The van der Waals surface area contributed by atoms with Gasteiger partial charge in [-0.3, -0.25) is 9.88 Å². The maximum atomic E-state index is 12.3. The van der Waals surface area contributed by atoms with E-state index in [1.165, 1.54) is 0 Å². The van der Waals surface area contributed by atoms with Crippen LogP contribution in [0.15, 0.2) is 54.6 Å². The van der Waals surface area contributed by atoms with Crippen molar-refractivity contribution >= 4 is 30.2 Å². The Morgan fingerprint density at radius 3 is 2.34 bits per heavy atom. The summed E-state index contributed by atoms with van der Waals surface area (Å²) < 4.78 is 26.8. The number of sulfonamides is 1. The van der Waals surface area contributed by atoms with Crippen molar-refractivity contribution in [1.82, 2.24) is 9.81 Å². The van der Waals surface area contributed by atoms with Crippen LogP contribution in [0.25, 0.3) is 0 Å². The molecule has 2 rings (SSSR count). The lowest BCUT2D eigenvalue weighted by atomic mass is 10.1. The predicted octanol–water partition coefficient (Wildman–Crippen LogP) is 1.81. The van der Waals surface area contributed by atoms with Crippen LogP contribution in [-0.2, 0) is 27.1 Å². The summed E-state index contributed by atoms with van der Waals surface area (Å²) in [5.74, 6) is -0.603. The molecule has 0 saturated heterocycles. The van der Waals surface area contributed by atoms with E-state index in [-0.39, 0.29) is 26.4 Å². The summed E-state index contributed by atoms with van der Waals surface area (Å²) in [5, 5.41) is 20.2. The van der Waals surface area contributed by atoms with Gasteiger partial charge < -0.3 is 10.5 Å². The summed E-state index contributed by atoms with van der Waals surface area (Å²) in [6.07, 6.45) is 0.122. The Morgan fingerprint density at radius 2 is 1.76 bits per heavy atom. The van der Waals surface area contributed by atoms with Gasteiger partial charge in [0, 0.05) is 18.4 Å². The first-order chi connectivity index (χ1) is 13.8. The van der Waals surface area contributed by atoms with E-state index in [0.717, 1.165) is 11.1 Å². The zero-order chi connectivity index (χ0) is 21.3. The minimum absolute atomic E-state index is 0.0987. The molecule has 0 aromatic heterocycles. The van der Waals surface area contributed by atoms with Crippen molar-refractivity contribution in [1.29, 1.82) is 5.41 Å². The van der Waals surface area contributed by atoms with Gasteiger partial charge in [-0.1, -0.05) is 54.6 Å². The normalized spacial score (nSPS) is 12.9. The fraction of sp³-hybridized carbons (Fsp3) is 0.300. The molecular weight excluding hydrogens is 409 g/mol. The molecule has 0 aliphatic heterocycles.